The van der Waals surface area contributed by atoms with E-state index in [0.29, 0.717) is 5.69 Å². The van der Waals surface area contributed by atoms with E-state index in [4.69, 9.17) is 4.52 Å². The summed E-state index contributed by atoms with van der Waals surface area (Å²) in [7, 11) is 1.30. The molecule has 0 aromatic carbocycles. The summed E-state index contributed by atoms with van der Waals surface area (Å²) in [6.45, 7) is 3.43. The van der Waals surface area contributed by atoms with Gasteiger partial charge in [-0.2, -0.15) is 0 Å². The molecule has 0 radical (unpaired) electrons. The summed E-state index contributed by atoms with van der Waals surface area (Å²) < 4.78 is 9.27. The van der Waals surface area contributed by atoms with Gasteiger partial charge < -0.3 is 14.6 Å². The smallest absolute Gasteiger partial charge is 0.307 e. The molecule has 1 amide bonds. The molecule has 1 heterocycles. The van der Waals surface area contributed by atoms with Gasteiger partial charge in [-0.25, -0.2) is 0 Å². The Balaban J connectivity index is 2.48. The lowest BCUT2D eigenvalue weighted by atomic mass is 10.2. The maximum atomic E-state index is 11.5. The van der Waals surface area contributed by atoms with Crippen molar-refractivity contribution in [3.05, 3.63) is 17.5 Å². The normalized spacial score (nSPS) is 11.9. The van der Waals surface area contributed by atoms with Gasteiger partial charge in [0.2, 0.25) is 5.76 Å². The third-order valence-corrected chi connectivity index (χ3v) is 1.93. The fourth-order valence-electron chi connectivity index (χ4n) is 1.15. The first-order valence-corrected chi connectivity index (χ1v) is 4.84. The van der Waals surface area contributed by atoms with E-state index in [-0.39, 0.29) is 24.2 Å². The van der Waals surface area contributed by atoms with E-state index >= 15 is 0 Å². The second kappa shape index (κ2) is 5.29. The average Bonchev–Trinajstić information content (AvgIpc) is 2.64. The summed E-state index contributed by atoms with van der Waals surface area (Å²) in [5, 5.41) is 6.20. The highest BCUT2D eigenvalue weighted by Gasteiger charge is 2.16. The fraction of sp³-hybridized carbons (Fsp3) is 0.500. The quantitative estimate of drug-likeness (QED) is 0.763. The van der Waals surface area contributed by atoms with E-state index in [1.54, 1.807) is 13.8 Å². The minimum atomic E-state index is -0.392. The molecular weight excluding hydrogens is 212 g/mol. The summed E-state index contributed by atoms with van der Waals surface area (Å²) in [6.07, 6.45) is 0.120. The van der Waals surface area contributed by atoms with Crippen molar-refractivity contribution in [1.82, 2.24) is 10.5 Å². The highest BCUT2D eigenvalue weighted by atomic mass is 16.5. The number of aromatic nitrogens is 1. The zero-order valence-electron chi connectivity index (χ0n) is 9.44. The van der Waals surface area contributed by atoms with Crippen LogP contribution in [0.4, 0.5) is 0 Å². The molecule has 0 saturated heterocycles. The topological polar surface area (TPSA) is 81.4 Å². The molecule has 1 unspecified atom stereocenters. The average molecular weight is 226 g/mol. The Morgan fingerprint density at radius 1 is 1.62 bits per heavy atom. The molecule has 0 aliphatic heterocycles. The number of aryl methyl sites for hydroxylation is 1. The van der Waals surface area contributed by atoms with Crippen molar-refractivity contribution >= 4 is 11.9 Å². The summed E-state index contributed by atoms with van der Waals surface area (Å²) in [6, 6.07) is 1.21. The Kier molecular flexibility index (Phi) is 4.04. The molecule has 0 bridgehead atoms. The van der Waals surface area contributed by atoms with E-state index in [0.717, 1.165) is 0 Å². The van der Waals surface area contributed by atoms with Crippen LogP contribution in [0.1, 0.15) is 29.6 Å². The van der Waals surface area contributed by atoms with Crippen LogP contribution in [-0.2, 0) is 9.53 Å². The molecule has 1 aromatic heterocycles. The molecule has 6 heteroatoms. The number of hydrogen-bond donors (Lipinski definition) is 1. The largest absolute Gasteiger partial charge is 0.469 e. The third kappa shape index (κ3) is 3.38. The first-order valence-electron chi connectivity index (χ1n) is 4.84. The van der Waals surface area contributed by atoms with Crippen LogP contribution in [0.25, 0.3) is 0 Å². The Morgan fingerprint density at radius 2 is 2.31 bits per heavy atom. The van der Waals surface area contributed by atoms with Crippen molar-refractivity contribution in [2.45, 2.75) is 26.3 Å². The highest BCUT2D eigenvalue weighted by molar-refractivity contribution is 5.91. The van der Waals surface area contributed by atoms with Gasteiger partial charge in [-0.1, -0.05) is 5.16 Å². The first-order chi connectivity index (χ1) is 7.52. The van der Waals surface area contributed by atoms with Crippen molar-refractivity contribution in [1.29, 1.82) is 0 Å². The summed E-state index contributed by atoms with van der Waals surface area (Å²) in [5.74, 6) is -0.632. The van der Waals surface area contributed by atoms with Crippen LogP contribution in [0.2, 0.25) is 0 Å². The van der Waals surface area contributed by atoms with Crippen molar-refractivity contribution < 1.29 is 18.8 Å². The molecule has 88 valence electrons. The van der Waals surface area contributed by atoms with Crippen LogP contribution in [-0.4, -0.2) is 30.2 Å². The third-order valence-electron chi connectivity index (χ3n) is 1.93. The van der Waals surface area contributed by atoms with Gasteiger partial charge in [-0.3, -0.25) is 9.59 Å². The maximum absolute atomic E-state index is 11.5. The Bertz CT molecular complexity index is 386. The molecule has 1 rings (SSSR count). The molecular formula is C10H14N2O4. The standard InChI is InChI=1S/C10H14N2O4/c1-6(5-9(13)15-3)11-10(14)8-4-7(2)12-16-8/h4,6H,5H2,1-3H3,(H,11,14). The lowest BCUT2D eigenvalue weighted by molar-refractivity contribution is -0.141. The summed E-state index contributed by atoms with van der Waals surface area (Å²) in [5.41, 5.74) is 0.630. The van der Waals surface area contributed by atoms with Crippen LogP contribution in [0.3, 0.4) is 0 Å². The van der Waals surface area contributed by atoms with Gasteiger partial charge >= 0.3 is 5.97 Å². The lowest BCUT2D eigenvalue weighted by Gasteiger charge is -2.10. The number of amides is 1. The highest BCUT2D eigenvalue weighted by Crippen LogP contribution is 2.03. The van der Waals surface area contributed by atoms with E-state index in [1.165, 1.54) is 13.2 Å². The number of carbonyl (C=O) groups is 2. The van der Waals surface area contributed by atoms with Gasteiger partial charge in [0.25, 0.3) is 5.91 Å². The van der Waals surface area contributed by atoms with Gasteiger partial charge in [-0.15, -0.1) is 0 Å². The van der Waals surface area contributed by atoms with Crippen molar-refractivity contribution in [2.75, 3.05) is 7.11 Å². The number of carbonyl (C=O) groups excluding carboxylic acids is 2. The molecule has 1 atom stereocenters. The first kappa shape index (κ1) is 12.2. The molecule has 1 aromatic rings. The molecule has 0 fully saturated rings. The number of methoxy groups -OCH3 is 1. The number of nitrogens with zero attached hydrogens (tertiary/aromatic N) is 1. The second-order valence-electron chi connectivity index (χ2n) is 3.49. The molecule has 0 aliphatic rings. The van der Waals surface area contributed by atoms with Gasteiger partial charge in [0.05, 0.1) is 19.2 Å². The van der Waals surface area contributed by atoms with Crippen LogP contribution < -0.4 is 5.32 Å². The monoisotopic (exact) mass is 226 g/mol. The Morgan fingerprint density at radius 3 is 2.81 bits per heavy atom. The fourth-order valence-corrected chi connectivity index (χ4v) is 1.15. The van der Waals surface area contributed by atoms with Crippen molar-refractivity contribution in [3.63, 3.8) is 0 Å². The zero-order valence-corrected chi connectivity index (χ0v) is 9.44. The maximum Gasteiger partial charge on any atom is 0.307 e. The molecule has 0 aliphatic carbocycles. The van der Waals surface area contributed by atoms with Crippen LogP contribution in [0.5, 0.6) is 0 Å². The van der Waals surface area contributed by atoms with Gasteiger partial charge in [0, 0.05) is 12.1 Å². The molecule has 1 N–H and O–H groups in total. The molecule has 0 saturated carbocycles. The molecule has 0 spiro atoms. The Labute approximate surface area is 92.9 Å². The number of esters is 1. The minimum Gasteiger partial charge on any atom is -0.469 e. The van der Waals surface area contributed by atoms with Crippen molar-refractivity contribution in [3.8, 4) is 0 Å². The summed E-state index contributed by atoms with van der Waals surface area (Å²) >= 11 is 0. The number of rotatable bonds is 4. The molecule has 6 nitrogen and oxygen atoms in total. The van der Waals surface area contributed by atoms with Crippen molar-refractivity contribution in [2.24, 2.45) is 0 Å². The van der Waals surface area contributed by atoms with E-state index < -0.39 is 5.91 Å². The molecule has 16 heavy (non-hydrogen) atoms. The van der Waals surface area contributed by atoms with Gasteiger partial charge in [0.1, 0.15) is 0 Å². The summed E-state index contributed by atoms with van der Waals surface area (Å²) in [4.78, 5) is 22.5. The second-order valence-corrected chi connectivity index (χ2v) is 3.49. The van der Waals surface area contributed by atoms with Crippen LogP contribution in [0, 0.1) is 6.92 Å². The van der Waals surface area contributed by atoms with Crippen LogP contribution in [0.15, 0.2) is 10.6 Å². The van der Waals surface area contributed by atoms with E-state index in [2.05, 4.69) is 15.2 Å². The number of hydrogen-bond acceptors (Lipinski definition) is 5. The number of nitrogens with one attached hydrogen (secondary N) is 1. The van der Waals surface area contributed by atoms with Crippen LogP contribution >= 0.6 is 0 Å². The lowest BCUT2D eigenvalue weighted by Crippen LogP contribution is -2.34. The van der Waals surface area contributed by atoms with E-state index in [9.17, 15) is 9.59 Å². The van der Waals surface area contributed by atoms with Gasteiger partial charge in [0.15, 0.2) is 0 Å². The Hall–Kier alpha value is -1.85. The minimum absolute atomic E-state index is 0.120. The van der Waals surface area contributed by atoms with Gasteiger partial charge in [-0.05, 0) is 13.8 Å². The predicted octanol–water partition coefficient (Wildman–Crippen LogP) is 0.664. The van der Waals surface area contributed by atoms with E-state index in [1.807, 2.05) is 0 Å². The number of ether oxygens (including phenoxy) is 1. The SMILES string of the molecule is COC(=O)CC(C)NC(=O)c1cc(C)no1. The zero-order chi connectivity index (χ0) is 12.1. The predicted molar refractivity (Wildman–Crippen MR) is 54.8 cm³/mol.